The predicted octanol–water partition coefficient (Wildman–Crippen LogP) is 25.6. The van der Waals surface area contributed by atoms with Crippen LogP contribution in [0.3, 0.4) is 0 Å². The summed E-state index contributed by atoms with van der Waals surface area (Å²) in [7, 11) is -10.00. The first-order valence-electron chi connectivity index (χ1n) is 42.7. The molecule has 0 aromatic carbocycles. The SMILES string of the molecule is CC/C=C\C/C=C\C/C=C\C/C=C\C/C=C\CCCCCC(=O)OCC(COP(=O)(O)OCC(O)COP(=O)(O)OCC(COC(=O)CCCCCCCC/C=C\C/C=C\C/C=C\CCCCC)OC(=O)CCCCCCC/C=C\C/C=C\CCC)OC(=O)CCCCCCCC/C=C\C/C=C\C/C=C\CCCCC. The van der Waals surface area contributed by atoms with Crippen LogP contribution in [0.2, 0.25) is 0 Å². The summed E-state index contributed by atoms with van der Waals surface area (Å²) in [4.78, 5) is 73.2. The summed E-state index contributed by atoms with van der Waals surface area (Å²) in [5, 5.41) is 10.7. The van der Waals surface area contributed by atoms with Gasteiger partial charge in [0.1, 0.15) is 19.3 Å². The van der Waals surface area contributed by atoms with Gasteiger partial charge in [0.05, 0.1) is 26.4 Å². The van der Waals surface area contributed by atoms with Gasteiger partial charge in [0.2, 0.25) is 0 Å². The summed E-state index contributed by atoms with van der Waals surface area (Å²) in [6, 6.07) is 0. The van der Waals surface area contributed by atoms with Gasteiger partial charge < -0.3 is 33.8 Å². The molecule has 110 heavy (non-hydrogen) atoms. The lowest BCUT2D eigenvalue weighted by atomic mass is 10.1. The minimum Gasteiger partial charge on any atom is -0.462 e. The van der Waals surface area contributed by atoms with Gasteiger partial charge >= 0.3 is 39.5 Å². The second kappa shape index (κ2) is 81.7. The summed E-state index contributed by atoms with van der Waals surface area (Å²) < 4.78 is 68.8. The van der Waals surface area contributed by atoms with E-state index in [0.29, 0.717) is 25.7 Å². The number of rotatable bonds is 79. The summed E-state index contributed by atoms with van der Waals surface area (Å²) in [5.41, 5.74) is 0. The maximum Gasteiger partial charge on any atom is 0.472 e. The summed E-state index contributed by atoms with van der Waals surface area (Å²) in [5.74, 6) is -2.26. The molecule has 0 aliphatic carbocycles. The van der Waals surface area contributed by atoms with Crippen molar-refractivity contribution in [3.8, 4) is 0 Å². The Hall–Kier alpha value is -5.32. The van der Waals surface area contributed by atoms with E-state index in [2.05, 4.69) is 186 Å². The molecule has 5 unspecified atom stereocenters. The highest BCUT2D eigenvalue weighted by atomic mass is 31.2. The molecular formula is C91H152O17P2. The summed E-state index contributed by atoms with van der Waals surface area (Å²) in [6.45, 7) is 4.58. The molecule has 0 radical (unpaired) electrons. The number of hydrogen-bond donors (Lipinski definition) is 3. The number of unbranched alkanes of at least 4 members (excludes halogenated alkanes) is 27. The monoisotopic (exact) mass is 1580 g/mol. The number of hydrogen-bond acceptors (Lipinski definition) is 15. The average Bonchev–Trinajstić information content (AvgIpc) is 0.900. The van der Waals surface area contributed by atoms with Crippen LogP contribution in [0.5, 0.6) is 0 Å². The van der Waals surface area contributed by atoms with Gasteiger partial charge in [-0.2, -0.15) is 0 Å². The topological polar surface area (TPSA) is 237 Å². The Balaban J connectivity index is 5.43. The van der Waals surface area contributed by atoms with Crippen LogP contribution in [0, 0.1) is 0 Å². The molecule has 17 nitrogen and oxygen atoms in total. The van der Waals surface area contributed by atoms with E-state index in [1.165, 1.54) is 38.5 Å². The van der Waals surface area contributed by atoms with Gasteiger partial charge in [-0.05, 0) is 173 Å². The van der Waals surface area contributed by atoms with Crippen LogP contribution < -0.4 is 0 Å². The van der Waals surface area contributed by atoms with Crippen molar-refractivity contribution < 1.29 is 80.2 Å². The Morgan fingerprint density at radius 3 is 0.773 bits per heavy atom. The molecule has 0 amide bonds. The van der Waals surface area contributed by atoms with E-state index in [1.54, 1.807) is 0 Å². The van der Waals surface area contributed by atoms with Gasteiger partial charge in [0.15, 0.2) is 12.2 Å². The molecule has 0 fully saturated rings. The third kappa shape index (κ3) is 80.7. The van der Waals surface area contributed by atoms with Crippen LogP contribution in [-0.2, 0) is 65.4 Å². The van der Waals surface area contributed by atoms with Crippen molar-refractivity contribution in [1.29, 1.82) is 0 Å². The van der Waals surface area contributed by atoms with Crippen molar-refractivity contribution in [3.63, 3.8) is 0 Å². The van der Waals surface area contributed by atoms with Crippen molar-refractivity contribution in [3.05, 3.63) is 158 Å². The molecule has 5 atom stereocenters. The molecule has 3 N–H and O–H groups in total. The molecule has 0 aromatic rings. The minimum absolute atomic E-state index is 0.0674. The van der Waals surface area contributed by atoms with Gasteiger partial charge in [-0.3, -0.25) is 37.3 Å². The first-order chi connectivity index (χ1) is 53.7. The molecule has 0 aromatic heterocycles. The van der Waals surface area contributed by atoms with Gasteiger partial charge in [-0.15, -0.1) is 0 Å². The van der Waals surface area contributed by atoms with Crippen molar-refractivity contribution in [2.75, 3.05) is 39.6 Å². The number of phosphoric ester groups is 2. The third-order valence-corrected chi connectivity index (χ3v) is 19.3. The quantitative estimate of drug-likeness (QED) is 0.0169. The lowest BCUT2D eigenvalue weighted by Crippen LogP contribution is -2.30. The number of carbonyl (C=O) groups is 4. The second-order valence-electron chi connectivity index (χ2n) is 28.0. The van der Waals surface area contributed by atoms with Crippen molar-refractivity contribution >= 4 is 39.5 Å². The van der Waals surface area contributed by atoms with Gasteiger partial charge in [0, 0.05) is 25.7 Å². The number of phosphoric acid groups is 2. The van der Waals surface area contributed by atoms with E-state index < -0.39 is 97.5 Å². The largest absolute Gasteiger partial charge is 0.472 e. The van der Waals surface area contributed by atoms with Crippen LogP contribution in [0.15, 0.2) is 158 Å². The van der Waals surface area contributed by atoms with Crippen LogP contribution >= 0.6 is 15.6 Å². The minimum atomic E-state index is -5.00. The van der Waals surface area contributed by atoms with E-state index in [9.17, 15) is 43.2 Å². The molecule has 0 rings (SSSR count). The van der Waals surface area contributed by atoms with E-state index in [-0.39, 0.29) is 25.7 Å². The molecule has 0 saturated heterocycles. The Morgan fingerprint density at radius 2 is 0.491 bits per heavy atom. The van der Waals surface area contributed by atoms with Crippen LogP contribution in [0.4, 0.5) is 0 Å². The Labute approximate surface area is 668 Å². The maximum atomic E-state index is 13.1. The number of ether oxygens (including phenoxy) is 4. The molecule has 628 valence electrons. The van der Waals surface area contributed by atoms with E-state index in [1.807, 2.05) is 0 Å². The fraction of sp³-hybridized carbons (Fsp3) is 0.670. The van der Waals surface area contributed by atoms with Crippen LogP contribution in [0.1, 0.15) is 336 Å². The highest BCUT2D eigenvalue weighted by molar-refractivity contribution is 7.47. The van der Waals surface area contributed by atoms with Crippen molar-refractivity contribution in [2.45, 2.75) is 354 Å². The highest BCUT2D eigenvalue weighted by Gasteiger charge is 2.30. The molecule has 0 heterocycles. The Morgan fingerprint density at radius 1 is 0.264 bits per heavy atom. The van der Waals surface area contributed by atoms with Gasteiger partial charge in [-0.25, -0.2) is 9.13 Å². The first kappa shape index (κ1) is 105. The van der Waals surface area contributed by atoms with Gasteiger partial charge in [-0.1, -0.05) is 295 Å². The second-order valence-corrected chi connectivity index (χ2v) is 30.9. The number of aliphatic hydroxyl groups is 1. The Bertz CT molecular complexity index is 2700. The van der Waals surface area contributed by atoms with Crippen LogP contribution in [-0.4, -0.2) is 96.7 Å². The molecule has 0 spiro atoms. The number of esters is 4. The zero-order chi connectivity index (χ0) is 80.3. The fourth-order valence-corrected chi connectivity index (χ4v) is 12.5. The van der Waals surface area contributed by atoms with Crippen LogP contribution in [0.25, 0.3) is 0 Å². The fourth-order valence-electron chi connectivity index (χ4n) is 10.9. The predicted molar refractivity (Wildman–Crippen MR) is 454 cm³/mol. The van der Waals surface area contributed by atoms with Gasteiger partial charge in [0.25, 0.3) is 0 Å². The highest BCUT2D eigenvalue weighted by Crippen LogP contribution is 2.45. The number of allylic oxidation sites excluding steroid dienone is 26. The smallest absolute Gasteiger partial charge is 0.462 e. The molecule has 0 aliphatic rings. The number of carbonyl (C=O) groups excluding carboxylic acids is 4. The van der Waals surface area contributed by atoms with Crippen molar-refractivity contribution in [1.82, 2.24) is 0 Å². The lowest BCUT2D eigenvalue weighted by Gasteiger charge is -2.21. The van der Waals surface area contributed by atoms with E-state index in [4.69, 9.17) is 37.0 Å². The van der Waals surface area contributed by atoms with E-state index in [0.717, 1.165) is 218 Å². The first-order valence-corrected chi connectivity index (χ1v) is 45.7. The molecule has 0 saturated carbocycles. The molecular weight excluding hydrogens is 1430 g/mol. The molecule has 0 bridgehead atoms. The standard InChI is InChI=1S/C91H152O17P2/c1-5-9-13-17-21-25-29-33-36-39-42-45-48-52-55-59-63-67-71-75-88(93)101-81-86(107-90(95)77-73-69-65-61-57-51-32-28-24-20-16-12-8-4)83-105-109(97,98)103-79-85(92)80-104-110(99,100)106-84-87(108-91(96)78-74-70-66-62-58-54-50-47-44-41-38-35-31-27-23-19-15-11-7-3)82-102-89(94)76-72-68-64-60-56-53-49-46-43-40-37-34-30-26-22-18-14-10-6-2/h10,14,16,20-23,25-28,32-38,42-47,53,56,85-87,92H,5-9,11-13,15,17-19,24,29-31,39-41,48-52,54-55,57-84H2,1-4H3,(H,97,98)(H,99,100)/b14-10-,20-16-,25-21-,26-22-,27-23-,32-28-,36-33-,37-34-,38-35-,45-42-,46-43-,47-44-,56-53-. The normalized spacial score (nSPS) is 14.6. The molecule has 0 aliphatic heterocycles. The van der Waals surface area contributed by atoms with E-state index >= 15 is 0 Å². The molecule has 19 heteroatoms. The maximum absolute atomic E-state index is 13.1. The summed E-state index contributed by atoms with van der Waals surface area (Å²) in [6.07, 6.45) is 96.3. The number of aliphatic hydroxyl groups excluding tert-OH is 1. The lowest BCUT2D eigenvalue weighted by molar-refractivity contribution is -0.161. The third-order valence-electron chi connectivity index (χ3n) is 17.4. The zero-order valence-corrected chi connectivity index (χ0v) is 70.7. The summed E-state index contributed by atoms with van der Waals surface area (Å²) >= 11 is 0. The average molecular weight is 1580 g/mol. The Kier molecular flexibility index (Phi) is 77.7. The van der Waals surface area contributed by atoms with Crippen molar-refractivity contribution in [2.24, 2.45) is 0 Å². The zero-order valence-electron chi connectivity index (χ0n) is 68.9.